The first-order chi connectivity index (χ1) is 10.2. The summed E-state index contributed by atoms with van der Waals surface area (Å²) in [6.45, 7) is 4.71. The highest BCUT2D eigenvalue weighted by atomic mass is 16.5. The van der Waals surface area contributed by atoms with Crippen molar-refractivity contribution in [3.63, 3.8) is 0 Å². The zero-order valence-corrected chi connectivity index (χ0v) is 13.4. The smallest absolute Gasteiger partial charge is 0.0587 e. The number of para-hydroxylation sites is 1. The Balaban J connectivity index is 2.07. The summed E-state index contributed by atoms with van der Waals surface area (Å²) in [7, 11) is 5.98. The molecule has 2 aromatic rings. The van der Waals surface area contributed by atoms with Crippen LogP contribution in [0.15, 0.2) is 30.5 Å². The largest absolute Gasteiger partial charge is 0.383 e. The van der Waals surface area contributed by atoms with E-state index in [0.29, 0.717) is 0 Å². The molecule has 0 saturated carbocycles. The van der Waals surface area contributed by atoms with Crippen LogP contribution >= 0.6 is 0 Å². The van der Waals surface area contributed by atoms with Crippen LogP contribution in [0.3, 0.4) is 0 Å². The van der Waals surface area contributed by atoms with Crippen molar-refractivity contribution in [2.24, 2.45) is 0 Å². The second-order valence-corrected chi connectivity index (χ2v) is 5.69. The molecule has 0 atom stereocenters. The van der Waals surface area contributed by atoms with E-state index in [0.717, 1.165) is 32.8 Å². The van der Waals surface area contributed by atoms with E-state index in [9.17, 15) is 0 Å². The van der Waals surface area contributed by atoms with Crippen LogP contribution in [0.4, 0.5) is 0 Å². The van der Waals surface area contributed by atoms with Crippen molar-refractivity contribution in [1.29, 1.82) is 0 Å². The van der Waals surface area contributed by atoms with Crippen molar-refractivity contribution in [2.45, 2.75) is 19.5 Å². The van der Waals surface area contributed by atoms with Gasteiger partial charge in [-0.05, 0) is 44.1 Å². The van der Waals surface area contributed by atoms with Gasteiger partial charge >= 0.3 is 0 Å². The minimum Gasteiger partial charge on any atom is -0.383 e. The molecule has 2 rings (SSSR count). The summed E-state index contributed by atoms with van der Waals surface area (Å²) in [6.07, 6.45) is 3.38. The summed E-state index contributed by atoms with van der Waals surface area (Å²) >= 11 is 0. The number of hydrogen-bond donors (Lipinski definition) is 1. The van der Waals surface area contributed by atoms with Gasteiger partial charge < -0.3 is 19.5 Å². The van der Waals surface area contributed by atoms with Gasteiger partial charge in [-0.15, -0.1) is 0 Å². The third-order valence-corrected chi connectivity index (χ3v) is 3.67. The molecule has 4 nitrogen and oxygen atoms in total. The van der Waals surface area contributed by atoms with Gasteiger partial charge in [0.05, 0.1) is 12.1 Å². The van der Waals surface area contributed by atoms with Crippen molar-refractivity contribution in [1.82, 2.24) is 14.8 Å². The molecule has 1 aromatic carbocycles. The van der Waals surface area contributed by atoms with Gasteiger partial charge in [0.25, 0.3) is 0 Å². The average Bonchev–Trinajstić information content (AvgIpc) is 2.87. The Kier molecular flexibility index (Phi) is 6.23. The quantitative estimate of drug-likeness (QED) is 0.719. The maximum atomic E-state index is 5.08. The molecule has 0 fully saturated rings. The Morgan fingerprint density at radius 2 is 2.10 bits per heavy atom. The van der Waals surface area contributed by atoms with Gasteiger partial charge in [-0.2, -0.15) is 0 Å². The highest BCUT2D eigenvalue weighted by molar-refractivity contribution is 5.83. The van der Waals surface area contributed by atoms with Crippen LogP contribution < -0.4 is 5.32 Å². The number of fused-ring (bicyclic) bond motifs is 1. The molecular formula is C17H27N3O. The van der Waals surface area contributed by atoms with Crippen LogP contribution in [-0.4, -0.2) is 50.4 Å². The van der Waals surface area contributed by atoms with Gasteiger partial charge in [-0.3, -0.25) is 0 Å². The maximum absolute atomic E-state index is 5.08. The molecule has 4 heteroatoms. The minimum absolute atomic E-state index is 0.750. The zero-order chi connectivity index (χ0) is 15.1. The van der Waals surface area contributed by atoms with Crippen molar-refractivity contribution < 1.29 is 4.74 Å². The molecule has 0 aliphatic heterocycles. The topological polar surface area (TPSA) is 29.4 Å². The van der Waals surface area contributed by atoms with E-state index in [1.54, 1.807) is 7.11 Å². The van der Waals surface area contributed by atoms with Crippen molar-refractivity contribution in [3.8, 4) is 0 Å². The van der Waals surface area contributed by atoms with E-state index in [-0.39, 0.29) is 0 Å². The molecule has 1 heterocycles. The molecule has 0 aliphatic carbocycles. The van der Waals surface area contributed by atoms with Crippen LogP contribution in [-0.2, 0) is 17.8 Å². The number of methoxy groups -OCH3 is 1. The van der Waals surface area contributed by atoms with E-state index in [1.165, 1.54) is 22.9 Å². The Labute approximate surface area is 127 Å². The van der Waals surface area contributed by atoms with E-state index in [4.69, 9.17) is 4.74 Å². The molecule has 0 bridgehead atoms. The number of aryl methyl sites for hydroxylation is 1. The van der Waals surface area contributed by atoms with Crippen LogP contribution in [0.25, 0.3) is 10.9 Å². The van der Waals surface area contributed by atoms with Gasteiger partial charge in [0.2, 0.25) is 0 Å². The normalized spacial score (nSPS) is 11.6. The van der Waals surface area contributed by atoms with E-state index >= 15 is 0 Å². The predicted molar refractivity (Wildman–Crippen MR) is 88.7 cm³/mol. The predicted octanol–water partition coefficient (Wildman–Crippen LogP) is 2.33. The molecule has 116 valence electrons. The average molecular weight is 289 g/mol. The lowest BCUT2D eigenvalue weighted by Crippen LogP contribution is -2.19. The van der Waals surface area contributed by atoms with E-state index in [1.807, 2.05) is 0 Å². The van der Waals surface area contributed by atoms with Crippen LogP contribution in [0.1, 0.15) is 12.0 Å². The lowest BCUT2D eigenvalue weighted by Gasteiger charge is -2.13. The van der Waals surface area contributed by atoms with Crippen LogP contribution in [0, 0.1) is 0 Å². The van der Waals surface area contributed by atoms with Crippen LogP contribution in [0.5, 0.6) is 0 Å². The molecule has 0 unspecified atom stereocenters. The SMILES string of the molecule is COCCNCc1cccc2ccn(CCCN(C)C)c12. The second-order valence-electron chi connectivity index (χ2n) is 5.69. The fraction of sp³-hybridized carbons (Fsp3) is 0.529. The molecule has 0 radical (unpaired) electrons. The standard InChI is InChI=1S/C17H27N3O/c1-19(2)10-5-11-20-12-8-15-6-4-7-16(17(15)20)14-18-9-13-21-3/h4,6-8,12,18H,5,9-11,13-14H2,1-3H3. The van der Waals surface area contributed by atoms with Crippen molar-refractivity contribution >= 4 is 10.9 Å². The van der Waals surface area contributed by atoms with Gasteiger partial charge in [0.15, 0.2) is 0 Å². The number of rotatable bonds is 9. The van der Waals surface area contributed by atoms with Gasteiger partial charge in [-0.25, -0.2) is 0 Å². The molecular weight excluding hydrogens is 262 g/mol. The Morgan fingerprint density at radius 3 is 2.86 bits per heavy atom. The van der Waals surface area contributed by atoms with Crippen LogP contribution in [0.2, 0.25) is 0 Å². The van der Waals surface area contributed by atoms with E-state index in [2.05, 4.69) is 59.3 Å². The highest BCUT2D eigenvalue weighted by Gasteiger charge is 2.06. The molecule has 0 aliphatic rings. The first-order valence-corrected chi connectivity index (χ1v) is 7.63. The fourth-order valence-corrected chi connectivity index (χ4v) is 2.62. The monoisotopic (exact) mass is 289 g/mol. The number of hydrogen-bond acceptors (Lipinski definition) is 3. The summed E-state index contributed by atoms with van der Waals surface area (Å²) in [5, 5.41) is 4.76. The summed E-state index contributed by atoms with van der Waals surface area (Å²) in [6, 6.07) is 8.75. The number of benzene rings is 1. The molecule has 21 heavy (non-hydrogen) atoms. The first-order valence-electron chi connectivity index (χ1n) is 7.63. The summed E-state index contributed by atoms with van der Waals surface area (Å²) in [4.78, 5) is 2.24. The molecule has 0 amide bonds. The Morgan fingerprint density at radius 1 is 1.24 bits per heavy atom. The van der Waals surface area contributed by atoms with Gasteiger partial charge in [0.1, 0.15) is 0 Å². The second kappa shape index (κ2) is 8.17. The number of aromatic nitrogens is 1. The molecule has 1 aromatic heterocycles. The third-order valence-electron chi connectivity index (χ3n) is 3.67. The van der Waals surface area contributed by atoms with Gasteiger partial charge in [0, 0.05) is 32.9 Å². The lowest BCUT2D eigenvalue weighted by molar-refractivity contribution is 0.199. The third kappa shape index (κ3) is 4.56. The Bertz CT molecular complexity index is 548. The molecule has 0 spiro atoms. The highest BCUT2D eigenvalue weighted by Crippen LogP contribution is 2.20. The number of nitrogens with one attached hydrogen (secondary N) is 1. The summed E-state index contributed by atoms with van der Waals surface area (Å²) in [5.74, 6) is 0. The fourth-order valence-electron chi connectivity index (χ4n) is 2.62. The molecule has 1 N–H and O–H groups in total. The minimum atomic E-state index is 0.750. The maximum Gasteiger partial charge on any atom is 0.0587 e. The lowest BCUT2D eigenvalue weighted by atomic mass is 10.1. The number of ether oxygens (including phenoxy) is 1. The first kappa shape index (κ1) is 16.0. The zero-order valence-electron chi connectivity index (χ0n) is 13.4. The Hall–Kier alpha value is -1.36. The van der Waals surface area contributed by atoms with E-state index < -0.39 is 0 Å². The van der Waals surface area contributed by atoms with Crippen molar-refractivity contribution in [2.75, 3.05) is 40.9 Å². The summed E-state index contributed by atoms with van der Waals surface area (Å²) < 4.78 is 7.46. The summed E-state index contributed by atoms with van der Waals surface area (Å²) in [5.41, 5.74) is 2.72. The molecule has 0 saturated heterocycles. The van der Waals surface area contributed by atoms with Crippen molar-refractivity contribution in [3.05, 3.63) is 36.0 Å². The van der Waals surface area contributed by atoms with Gasteiger partial charge in [-0.1, -0.05) is 18.2 Å². The number of nitrogens with zero attached hydrogens (tertiary/aromatic N) is 2.